The van der Waals surface area contributed by atoms with Crippen LogP contribution in [0.15, 0.2) is 52.9 Å². The zero-order valence-electron chi connectivity index (χ0n) is 16.3. The van der Waals surface area contributed by atoms with Gasteiger partial charge in [-0.05, 0) is 36.9 Å². The molecule has 6 nitrogen and oxygen atoms in total. The topological polar surface area (TPSA) is 58.0 Å². The first-order valence-corrected chi connectivity index (χ1v) is 9.51. The van der Waals surface area contributed by atoms with Crippen molar-refractivity contribution in [3.63, 3.8) is 0 Å². The lowest BCUT2D eigenvalue weighted by Crippen LogP contribution is -2.44. The number of ether oxygens (including phenoxy) is 1. The van der Waals surface area contributed by atoms with E-state index < -0.39 is 0 Å². The fraction of sp³-hybridized carbons (Fsp3) is 0.318. The highest BCUT2D eigenvalue weighted by molar-refractivity contribution is 5.97. The van der Waals surface area contributed by atoms with Crippen LogP contribution in [-0.4, -0.2) is 51.1 Å². The number of piperazine rings is 1. The summed E-state index contributed by atoms with van der Waals surface area (Å²) in [5.74, 6) is 0.672. The zero-order valence-corrected chi connectivity index (χ0v) is 16.3. The third-order valence-electron chi connectivity index (χ3n) is 5.21. The lowest BCUT2D eigenvalue weighted by molar-refractivity contribution is 0.0925. The molecule has 0 spiro atoms. The van der Waals surface area contributed by atoms with Gasteiger partial charge in [0.15, 0.2) is 17.1 Å². The lowest BCUT2D eigenvalue weighted by atomic mass is 10.1. The Morgan fingerprint density at radius 2 is 1.86 bits per heavy atom. The summed E-state index contributed by atoms with van der Waals surface area (Å²) < 4.78 is 11.0. The van der Waals surface area contributed by atoms with Crippen molar-refractivity contribution >= 4 is 22.6 Å². The van der Waals surface area contributed by atoms with Crippen LogP contribution >= 0.6 is 0 Å². The first kappa shape index (κ1) is 18.4. The van der Waals surface area contributed by atoms with Gasteiger partial charge in [-0.25, -0.2) is 0 Å². The number of para-hydroxylation sites is 1. The Balaban J connectivity index is 1.38. The zero-order chi connectivity index (χ0) is 19.5. The van der Waals surface area contributed by atoms with Crippen LogP contribution in [0.4, 0.5) is 5.69 Å². The minimum atomic E-state index is -0.235. The van der Waals surface area contributed by atoms with Gasteiger partial charge in [0.2, 0.25) is 0 Å². The Labute approximate surface area is 164 Å². The maximum atomic E-state index is 12.5. The maximum Gasteiger partial charge on any atom is 0.287 e. The van der Waals surface area contributed by atoms with E-state index in [2.05, 4.69) is 46.4 Å². The second kappa shape index (κ2) is 7.94. The van der Waals surface area contributed by atoms with E-state index in [1.54, 1.807) is 13.2 Å². The summed E-state index contributed by atoms with van der Waals surface area (Å²) in [6.45, 7) is 4.71. The van der Waals surface area contributed by atoms with Gasteiger partial charge in [0, 0.05) is 43.8 Å². The number of carbonyl (C=O) groups excluding carboxylic acids is 1. The number of likely N-dealkylation sites (N-methyl/N-ethyl adjacent to an activating group) is 1. The fourth-order valence-corrected chi connectivity index (χ4v) is 3.47. The molecule has 28 heavy (non-hydrogen) atoms. The molecule has 1 aliphatic rings. The summed E-state index contributed by atoms with van der Waals surface area (Å²) in [5.41, 5.74) is 2.87. The average molecular weight is 379 g/mol. The van der Waals surface area contributed by atoms with E-state index in [-0.39, 0.29) is 11.7 Å². The summed E-state index contributed by atoms with van der Waals surface area (Å²) in [4.78, 5) is 17.2. The second-order valence-electron chi connectivity index (χ2n) is 7.13. The van der Waals surface area contributed by atoms with Crippen LogP contribution in [-0.2, 0) is 6.54 Å². The SMILES string of the molecule is COc1cccc2cc(C(=O)NCc3ccc(N4CCN(C)CC4)cc3)oc12. The molecule has 0 radical (unpaired) electrons. The van der Waals surface area contributed by atoms with Gasteiger partial charge in [0.25, 0.3) is 5.91 Å². The van der Waals surface area contributed by atoms with Gasteiger partial charge in [-0.3, -0.25) is 4.79 Å². The molecule has 146 valence electrons. The number of anilines is 1. The van der Waals surface area contributed by atoms with Crippen LogP contribution in [0.1, 0.15) is 16.1 Å². The molecule has 3 aromatic rings. The number of nitrogens with one attached hydrogen (secondary N) is 1. The maximum absolute atomic E-state index is 12.5. The summed E-state index contributed by atoms with van der Waals surface area (Å²) in [6, 6.07) is 15.7. The third kappa shape index (κ3) is 3.82. The number of amides is 1. The summed E-state index contributed by atoms with van der Waals surface area (Å²) in [7, 11) is 3.74. The number of hydrogen-bond donors (Lipinski definition) is 1. The van der Waals surface area contributed by atoms with Crippen molar-refractivity contribution in [2.75, 3.05) is 45.2 Å². The van der Waals surface area contributed by atoms with E-state index in [1.807, 2.05) is 18.2 Å². The van der Waals surface area contributed by atoms with Crippen molar-refractivity contribution in [3.8, 4) is 5.75 Å². The standard InChI is InChI=1S/C22H25N3O3/c1-24-10-12-25(13-11-24)18-8-6-16(7-9-18)15-23-22(26)20-14-17-4-3-5-19(27-2)21(17)28-20/h3-9,14H,10-13,15H2,1-2H3,(H,23,26). The first-order chi connectivity index (χ1) is 13.6. The number of methoxy groups -OCH3 is 1. The lowest BCUT2D eigenvalue weighted by Gasteiger charge is -2.34. The Kier molecular flexibility index (Phi) is 5.21. The molecule has 1 amide bonds. The quantitative estimate of drug-likeness (QED) is 0.738. The molecule has 2 heterocycles. The predicted octanol–water partition coefficient (Wildman–Crippen LogP) is 3.12. The average Bonchev–Trinajstić information content (AvgIpc) is 3.17. The highest BCUT2D eigenvalue weighted by Gasteiger charge is 2.16. The third-order valence-corrected chi connectivity index (χ3v) is 5.21. The van der Waals surface area contributed by atoms with E-state index in [4.69, 9.17) is 9.15 Å². The predicted molar refractivity (Wildman–Crippen MR) is 110 cm³/mol. The number of fused-ring (bicyclic) bond motifs is 1. The number of nitrogens with zero attached hydrogens (tertiary/aromatic N) is 2. The van der Waals surface area contributed by atoms with Gasteiger partial charge in [-0.2, -0.15) is 0 Å². The van der Waals surface area contributed by atoms with Gasteiger partial charge in [-0.1, -0.05) is 24.3 Å². The molecule has 0 unspecified atom stereocenters. The highest BCUT2D eigenvalue weighted by atomic mass is 16.5. The summed E-state index contributed by atoms with van der Waals surface area (Å²) >= 11 is 0. The van der Waals surface area contributed by atoms with Gasteiger partial charge < -0.3 is 24.3 Å². The summed E-state index contributed by atoms with van der Waals surface area (Å²) in [6.07, 6.45) is 0. The van der Waals surface area contributed by atoms with Crippen molar-refractivity contribution in [1.29, 1.82) is 0 Å². The van der Waals surface area contributed by atoms with Crippen LogP contribution < -0.4 is 15.0 Å². The van der Waals surface area contributed by atoms with Gasteiger partial charge in [0.05, 0.1) is 7.11 Å². The van der Waals surface area contributed by atoms with E-state index in [0.29, 0.717) is 17.9 Å². The van der Waals surface area contributed by atoms with E-state index >= 15 is 0 Å². The van der Waals surface area contributed by atoms with Crippen LogP contribution in [0, 0.1) is 0 Å². The van der Waals surface area contributed by atoms with Crippen LogP contribution in [0.3, 0.4) is 0 Å². The molecule has 0 saturated carbocycles. The van der Waals surface area contributed by atoms with Gasteiger partial charge >= 0.3 is 0 Å². The smallest absolute Gasteiger partial charge is 0.287 e. The molecule has 0 aliphatic carbocycles. The van der Waals surface area contributed by atoms with Crippen molar-refractivity contribution in [1.82, 2.24) is 10.2 Å². The van der Waals surface area contributed by atoms with E-state index in [9.17, 15) is 4.79 Å². The van der Waals surface area contributed by atoms with Crippen molar-refractivity contribution in [2.45, 2.75) is 6.54 Å². The molecule has 1 aromatic heterocycles. The number of rotatable bonds is 5. The molecule has 4 rings (SSSR count). The minimum absolute atomic E-state index is 0.235. The monoisotopic (exact) mass is 379 g/mol. The van der Waals surface area contributed by atoms with Crippen molar-refractivity contribution < 1.29 is 13.9 Å². The minimum Gasteiger partial charge on any atom is -0.493 e. The second-order valence-corrected chi connectivity index (χ2v) is 7.13. The summed E-state index contributed by atoms with van der Waals surface area (Å²) in [5, 5.41) is 3.77. The molecule has 1 saturated heterocycles. The van der Waals surface area contributed by atoms with E-state index in [0.717, 1.165) is 37.1 Å². The fourth-order valence-electron chi connectivity index (χ4n) is 3.47. The normalized spacial score (nSPS) is 15.0. The van der Waals surface area contributed by atoms with Crippen LogP contribution in [0.5, 0.6) is 5.75 Å². The van der Waals surface area contributed by atoms with Crippen molar-refractivity contribution in [2.24, 2.45) is 0 Å². The largest absolute Gasteiger partial charge is 0.493 e. The Bertz CT molecular complexity index is 957. The molecular formula is C22H25N3O3. The molecular weight excluding hydrogens is 354 g/mol. The molecule has 0 bridgehead atoms. The highest BCUT2D eigenvalue weighted by Crippen LogP contribution is 2.28. The Morgan fingerprint density at radius 3 is 2.57 bits per heavy atom. The van der Waals surface area contributed by atoms with Gasteiger partial charge in [-0.15, -0.1) is 0 Å². The number of furan rings is 1. The molecule has 6 heteroatoms. The Morgan fingerprint density at radius 1 is 1.11 bits per heavy atom. The Hall–Kier alpha value is -2.99. The number of carbonyl (C=O) groups is 1. The number of hydrogen-bond acceptors (Lipinski definition) is 5. The molecule has 1 N–H and O–H groups in total. The first-order valence-electron chi connectivity index (χ1n) is 9.51. The number of benzene rings is 2. The molecule has 1 aliphatic heterocycles. The van der Waals surface area contributed by atoms with Crippen molar-refractivity contribution in [3.05, 3.63) is 59.9 Å². The van der Waals surface area contributed by atoms with E-state index in [1.165, 1.54) is 5.69 Å². The van der Waals surface area contributed by atoms with Crippen LogP contribution in [0.25, 0.3) is 11.0 Å². The van der Waals surface area contributed by atoms with Crippen LogP contribution in [0.2, 0.25) is 0 Å². The molecule has 1 fully saturated rings. The molecule has 0 atom stereocenters. The molecule has 2 aromatic carbocycles. The van der Waals surface area contributed by atoms with Gasteiger partial charge in [0.1, 0.15) is 0 Å².